The molecule has 338 valence electrons. The van der Waals surface area contributed by atoms with Gasteiger partial charge in [0, 0.05) is 30.9 Å². The number of methoxy groups -OCH3 is 1. The summed E-state index contributed by atoms with van der Waals surface area (Å²) in [5.41, 5.74) is -6.85. The van der Waals surface area contributed by atoms with Crippen LogP contribution in [0.1, 0.15) is 75.7 Å². The third-order valence-corrected chi connectivity index (χ3v) is 12.7. The number of sulfone groups is 1. The van der Waals surface area contributed by atoms with Gasteiger partial charge in [0.05, 0.1) is 35.0 Å². The lowest BCUT2D eigenvalue weighted by molar-refractivity contribution is -0.159. The van der Waals surface area contributed by atoms with E-state index in [-0.39, 0.29) is 54.8 Å². The van der Waals surface area contributed by atoms with E-state index in [4.69, 9.17) is 18.9 Å². The summed E-state index contributed by atoms with van der Waals surface area (Å²) in [5, 5.41) is 7.21. The number of fused-ring (bicyclic) bond motifs is 1. The highest BCUT2D eigenvalue weighted by Gasteiger charge is 2.47. The number of rotatable bonds is 11. The maximum Gasteiger partial charge on any atom is 0.501 e. The highest BCUT2D eigenvalue weighted by molar-refractivity contribution is 7.92. The fourth-order valence-corrected chi connectivity index (χ4v) is 8.48. The third-order valence-electron chi connectivity index (χ3n) is 11.2. The molecular formula is C45H49F4N3O10S. The Morgan fingerprint density at radius 3 is 2.25 bits per heavy atom. The summed E-state index contributed by atoms with van der Waals surface area (Å²) in [6.45, 7) is 6.59. The van der Waals surface area contributed by atoms with Crippen LogP contribution in [0.4, 0.5) is 28.0 Å². The Balaban J connectivity index is 1.15. The first-order valence-corrected chi connectivity index (χ1v) is 21.8. The van der Waals surface area contributed by atoms with Crippen LogP contribution in [0.2, 0.25) is 0 Å². The molecule has 0 bridgehead atoms. The van der Waals surface area contributed by atoms with Crippen LogP contribution in [-0.4, -0.2) is 80.6 Å². The number of amides is 3. The quantitative estimate of drug-likeness (QED) is 0.110. The smallest absolute Gasteiger partial charge is 0.496 e. The molecule has 3 amide bonds. The van der Waals surface area contributed by atoms with E-state index < -0.39 is 73.0 Å². The average Bonchev–Trinajstić information content (AvgIpc) is 3.23. The predicted molar refractivity (Wildman–Crippen MR) is 223 cm³/mol. The fourth-order valence-electron chi connectivity index (χ4n) is 7.68. The Labute approximate surface area is 362 Å². The van der Waals surface area contributed by atoms with E-state index in [0.717, 1.165) is 34.5 Å². The van der Waals surface area contributed by atoms with Crippen molar-refractivity contribution in [1.82, 2.24) is 10.2 Å². The molecule has 1 aliphatic carbocycles. The maximum absolute atomic E-state index is 15.5. The molecule has 0 unspecified atom stereocenters. The van der Waals surface area contributed by atoms with Gasteiger partial charge in [0.25, 0.3) is 15.7 Å². The summed E-state index contributed by atoms with van der Waals surface area (Å²) >= 11 is 0. The summed E-state index contributed by atoms with van der Waals surface area (Å²) in [6, 6.07) is 18.4. The number of hydrogen-bond acceptors (Lipinski definition) is 10. The molecule has 1 saturated carbocycles. The predicted octanol–water partition coefficient (Wildman–Crippen LogP) is 8.35. The first-order valence-electron chi connectivity index (χ1n) is 20.3. The number of hydrogen-bond donors (Lipinski definition) is 2. The van der Waals surface area contributed by atoms with Crippen molar-refractivity contribution in [1.29, 1.82) is 0 Å². The molecule has 2 N–H and O–H groups in total. The van der Waals surface area contributed by atoms with Crippen LogP contribution in [0.5, 0.6) is 11.5 Å². The molecule has 1 aliphatic heterocycles. The number of nitrogens with one attached hydrogen (secondary N) is 2. The normalized spacial score (nSPS) is 20.7. The van der Waals surface area contributed by atoms with E-state index in [9.17, 15) is 40.8 Å². The summed E-state index contributed by atoms with van der Waals surface area (Å²) in [6.07, 6.45) is 0.277. The molecule has 0 spiro atoms. The third kappa shape index (κ3) is 10.8. The van der Waals surface area contributed by atoms with Gasteiger partial charge in [-0.2, -0.15) is 13.2 Å². The number of anilines is 1. The SMILES string of the molecule is COc1cc(F)c(OC2CCC(C)(C(=O)OCc3cccc4ccccc34)CC2)cc1C(=O)N[C@H]1CCN(C(=O)OC(C)(C)C)C[C@H]1C(=O)Nc1cccc(S(=O)(=O)C(F)(F)F)c1. The molecule has 2 aliphatic rings. The van der Waals surface area contributed by atoms with E-state index >= 15 is 4.39 Å². The monoisotopic (exact) mass is 899 g/mol. The van der Waals surface area contributed by atoms with Crippen LogP contribution >= 0.6 is 0 Å². The number of ether oxygens (including phenoxy) is 4. The van der Waals surface area contributed by atoms with Gasteiger partial charge in [-0.05, 0) is 100 Å². The van der Waals surface area contributed by atoms with Gasteiger partial charge in [0.1, 0.15) is 18.0 Å². The lowest BCUT2D eigenvalue weighted by Crippen LogP contribution is -2.56. The minimum absolute atomic E-state index is 0.00362. The second-order valence-electron chi connectivity index (χ2n) is 16.9. The number of halogens is 4. The fraction of sp³-hybridized carbons (Fsp3) is 0.422. The summed E-state index contributed by atoms with van der Waals surface area (Å²) < 4.78 is 102. The van der Waals surface area contributed by atoms with Gasteiger partial charge in [0.15, 0.2) is 11.6 Å². The van der Waals surface area contributed by atoms with E-state index in [0.29, 0.717) is 31.7 Å². The number of nitrogens with zero attached hydrogens (tertiary/aromatic N) is 1. The van der Waals surface area contributed by atoms with E-state index in [1.54, 1.807) is 20.8 Å². The molecule has 6 rings (SSSR count). The largest absolute Gasteiger partial charge is 0.501 e. The van der Waals surface area contributed by atoms with Gasteiger partial charge in [0.2, 0.25) is 5.91 Å². The van der Waals surface area contributed by atoms with Gasteiger partial charge in [-0.1, -0.05) is 48.5 Å². The molecule has 0 radical (unpaired) electrons. The number of piperidine rings is 1. The molecule has 13 nitrogen and oxygen atoms in total. The number of likely N-dealkylation sites (tertiary alicyclic amines) is 1. The zero-order valence-corrected chi connectivity index (χ0v) is 36.2. The second-order valence-corrected chi connectivity index (χ2v) is 18.9. The highest BCUT2D eigenvalue weighted by Crippen LogP contribution is 2.40. The van der Waals surface area contributed by atoms with E-state index in [2.05, 4.69) is 10.6 Å². The Kier molecular flexibility index (Phi) is 13.6. The molecule has 1 heterocycles. The number of esters is 1. The minimum Gasteiger partial charge on any atom is -0.496 e. The van der Waals surface area contributed by atoms with Crippen LogP contribution in [0.25, 0.3) is 10.8 Å². The molecule has 4 aromatic carbocycles. The first-order chi connectivity index (χ1) is 29.6. The maximum atomic E-state index is 15.5. The van der Waals surface area contributed by atoms with Crippen LogP contribution in [0, 0.1) is 17.2 Å². The lowest BCUT2D eigenvalue weighted by Gasteiger charge is -2.38. The number of alkyl halides is 3. The van der Waals surface area contributed by atoms with Crippen LogP contribution in [0.3, 0.4) is 0 Å². The van der Waals surface area contributed by atoms with Crippen molar-refractivity contribution in [3.05, 3.63) is 95.8 Å². The molecule has 4 aromatic rings. The van der Waals surface area contributed by atoms with Gasteiger partial charge < -0.3 is 34.5 Å². The van der Waals surface area contributed by atoms with Crippen LogP contribution in [0.15, 0.2) is 83.8 Å². The Hall–Kier alpha value is -5.91. The molecule has 0 aromatic heterocycles. The second kappa shape index (κ2) is 18.4. The van der Waals surface area contributed by atoms with Gasteiger partial charge >= 0.3 is 17.6 Å². The number of carbonyl (C=O) groups is 4. The van der Waals surface area contributed by atoms with Crippen molar-refractivity contribution in [2.75, 3.05) is 25.5 Å². The van der Waals surface area contributed by atoms with Gasteiger partial charge in [-0.25, -0.2) is 17.6 Å². The van der Waals surface area contributed by atoms with E-state index in [1.165, 1.54) is 24.1 Å². The average molecular weight is 900 g/mol. The minimum atomic E-state index is -5.75. The van der Waals surface area contributed by atoms with Gasteiger partial charge in [-0.15, -0.1) is 0 Å². The standard InChI is InChI=1S/C45H49F4N3O10S/c1-43(2,3)62-42(56)52-21-18-36(34(25-52)40(54)50-29-13-9-14-31(22-29)63(57,58)45(47,48)49)51-39(53)33-23-38(35(46)24-37(33)59-5)61-30-16-19-44(4,20-17-30)41(55)60-26-28-12-8-11-27-10-6-7-15-32(27)28/h6-15,22-24,30,34,36H,16-21,25-26H2,1-5H3,(H,50,54)(H,51,53)/t30?,34-,36+,44?/m1/s1. The zero-order valence-electron chi connectivity index (χ0n) is 35.3. The molecule has 1 saturated heterocycles. The Morgan fingerprint density at radius 2 is 1.57 bits per heavy atom. The number of carbonyl (C=O) groups excluding carboxylic acids is 4. The first kappa shape index (κ1) is 46.6. The molecule has 2 atom stereocenters. The van der Waals surface area contributed by atoms with Crippen molar-refractivity contribution in [2.45, 2.75) is 94.6 Å². The van der Waals surface area contributed by atoms with Crippen LogP contribution in [-0.2, 0) is 35.5 Å². The van der Waals surface area contributed by atoms with Crippen LogP contribution < -0.4 is 20.1 Å². The summed E-state index contributed by atoms with van der Waals surface area (Å²) in [7, 11) is -4.52. The lowest BCUT2D eigenvalue weighted by atomic mass is 9.74. The number of benzene rings is 4. The summed E-state index contributed by atoms with van der Waals surface area (Å²) in [5.74, 6) is -4.47. The Morgan fingerprint density at radius 1 is 0.889 bits per heavy atom. The molecule has 18 heteroatoms. The molecule has 63 heavy (non-hydrogen) atoms. The van der Waals surface area contributed by atoms with Gasteiger partial charge in [-0.3, -0.25) is 14.4 Å². The van der Waals surface area contributed by atoms with Crippen molar-refractivity contribution in [3.63, 3.8) is 0 Å². The van der Waals surface area contributed by atoms with Crippen molar-refractivity contribution < 1.29 is 64.1 Å². The van der Waals surface area contributed by atoms with Crippen molar-refractivity contribution >= 4 is 50.2 Å². The highest BCUT2D eigenvalue weighted by atomic mass is 32.2. The molecular weight excluding hydrogens is 851 g/mol. The van der Waals surface area contributed by atoms with Crippen molar-refractivity contribution in [2.24, 2.45) is 11.3 Å². The van der Waals surface area contributed by atoms with Crippen molar-refractivity contribution in [3.8, 4) is 11.5 Å². The topological polar surface area (TPSA) is 167 Å². The summed E-state index contributed by atoms with van der Waals surface area (Å²) in [4.78, 5) is 54.4. The molecule has 2 fully saturated rings. The Bertz CT molecular complexity index is 2480. The van der Waals surface area contributed by atoms with E-state index in [1.807, 2.05) is 49.4 Å². The zero-order chi connectivity index (χ0) is 45.9.